The van der Waals surface area contributed by atoms with Crippen LogP contribution in [0.2, 0.25) is 0 Å². The van der Waals surface area contributed by atoms with E-state index in [2.05, 4.69) is 6.92 Å². The number of ether oxygens (including phenoxy) is 2. The third kappa shape index (κ3) is 1.77. The van der Waals surface area contributed by atoms with Crippen molar-refractivity contribution in [3.63, 3.8) is 0 Å². The lowest BCUT2D eigenvalue weighted by molar-refractivity contribution is -0.0329. The smallest absolute Gasteiger partial charge is 0.129 e. The molecule has 98 valence electrons. The number of hydrogen-bond acceptors (Lipinski definition) is 3. The van der Waals surface area contributed by atoms with Crippen LogP contribution in [0.5, 0.6) is 11.5 Å². The highest BCUT2D eigenvalue weighted by Crippen LogP contribution is 2.52. The Hall–Kier alpha value is -1.22. The summed E-state index contributed by atoms with van der Waals surface area (Å²) in [6.45, 7) is 2.15. The first kappa shape index (κ1) is 11.8. The van der Waals surface area contributed by atoms with Crippen LogP contribution >= 0.6 is 0 Å². The first-order chi connectivity index (χ1) is 8.68. The molecule has 1 heterocycles. The zero-order valence-corrected chi connectivity index (χ0v) is 11.0. The molecule has 1 saturated carbocycles. The molecule has 0 bridgehead atoms. The van der Waals surface area contributed by atoms with Gasteiger partial charge in [0.05, 0.1) is 13.2 Å². The van der Waals surface area contributed by atoms with Gasteiger partial charge in [0.1, 0.15) is 17.1 Å². The molecule has 0 aromatic heterocycles. The molecule has 1 aromatic rings. The number of aliphatic hydroxyl groups excluding tert-OH is 1. The molecule has 0 saturated heterocycles. The van der Waals surface area contributed by atoms with Gasteiger partial charge in [0.2, 0.25) is 0 Å². The highest BCUT2D eigenvalue weighted by molar-refractivity contribution is 5.44. The molecule has 0 amide bonds. The molecule has 1 aliphatic carbocycles. The number of methoxy groups -OCH3 is 1. The molecule has 3 rings (SSSR count). The molecule has 18 heavy (non-hydrogen) atoms. The number of hydrogen-bond donors (Lipinski definition) is 1. The van der Waals surface area contributed by atoms with Crippen LogP contribution in [0.25, 0.3) is 0 Å². The molecular weight excluding hydrogens is 228 g/mol. The summed E-state index contributed by atoms with van der Waals surface area (Å²) in [5, 5.41) is 10.3. The molecule has 1 aliphatic heterocycles. The van der Waals surface area contributed by atoms with Crippen LogP contribution in [-0.2, 0) is 0 Å². The van der Waals surface area contributed by atoms with Gasteiger partial charge in [-0.25, -0.2) is 0 Å². The zero-order valence-electron chi connectivity index (χ0n) is 11.0. The number of fused-ring (bicyclic) bond motifs is 1. The van der Waals surface area contributed by atoms with Crippen molar-refractivity contribution in [2.75, 3.05) is 7.11 Å². The van der Waals surface area contributed by atoms with Gasteiger partial charge in [-0.05, 0) is 37.3 Å². The minimum absolute atomic E-state index is 0.168. The molecule has 2 atom stereocenters. The Balaban J connectivity index is 1.98. The summed E-state index contributed by atoms with van der Waals surface area (Å²) in [7, 11) is 1.65. The fraction of sp³-hybridized carbons (Fsp3) is 0.600. The Morgan fingerprint density at radius 1 is 1.44 bits per heavy atom. The van der Waals surface area contributed by atoms with Crippen LogP contribution in [-0.4, -0.2) is 17.8 Å². The van der Waals surface area contributed by atoms with Crippen LogP contribution in [0.4, 0.5) is 0 Å². The average molecular weight is 248 g/mol. The minimum Gasteiger partial charge on any atom is -0.497 e. The standard InChI is InChI=1S/C15H20O3/c1-3-15(10-4-5-10)9-13(16)12-7-6-11(17-2)8-14(12)18-15/h6-8,10,13,16H,3-5,9H2,1-2H3/t13-,15?/m1/s1. The van der Waals surface area contributed by atoms with Crippen LogP contribution in [0.3, 0.4) is 0 Å². The van der Waals surface area contributed by atoms with Crippen molar-refractivity contribution in [2.24, 2.45) is 5.92 Å². The van der Waals surface area contributed by atoms with Crippen LogP contribution in [0.1, 0.15) is 44.3 Å². The number of benzene rings is 1. The van der Waals surface area contributed by atoms with E-state index in [1.807, 2.05) is 18.2 Å². The Morgan fingerprint density at radius 3 is 2.83 bits per heavy atom. The van der Waals surface area contributed by atoms with E-state index in [4.69, 9.17) is 9.47 Å². The lowest BCUT2D eigenvalue weighted by Gasteiger charge is -2.41. The lowest BCUT2D eigenvalue weighted by Crippen LogP contribution is -2.42. The molecular formula is C15H20O3. The van der Waals surface area contributed by atoms with Crippen molar-refractivity contribution in [3.8, 4) is 11.5 Å². The third-order valence-corrected chi connectivity index (χ3v) is 4.35. The van der Waals surface area contributed by atoms with E-state index in [0.717, 1.165) is 23.5 Å². The fourth-order valence-corrected chi connectivity index (χ4v) is 3.07. The van der Waals surface area contributed by atoms with E-state index in [1.54, 1.807) is 7.11 Å². The maximum atomic E-state index is 10.3. The summed E-state index contributed by atoms with van der Waals surface area (Å²) in [5.74, 6) is 2.18. The van der Waals surface area contributed by atoms with E-state index in [-0.39, 0.29) is 5.60 Å². The second-order valence-electron chi connectivity index (χ2n) is 5.42. The predicted molar refractivity (Wildman–Crippen MR) is 68.9 cm³/mol. The van der Waals surface area contributed by atoms with E-state index in [9.17, 15) is 5.11 Å². The Labute approximate surface area is 108 Å². The largest absolute Gasteiger partial charge is 0.497 e. The quantitative estimate of drug-likeness (QED) is 0.893. The monoisotopic (exact) mass is 248 g/mol. The normalized spacial score (nSPS) is 30.5. The second-order valence-corrected chi connectivity index (χ2v) is 5.42. The Morgan fingerprint density at radius 2 is 2.22 bits per heavy atom. The lowest BCUT2D eigenvalue weighted by atomic mass is 9.83. The molecule has 1 unspecified atom stereocenters. The van der Waals surface area contributed by atoms with E-state index < -0.39 is 6.10 Å². The summed E-state index contributed by atoms with van der Waals surface area (Å²) in [6.07, 6.45) is 3.69. The maximum Gasteiger partial charge on any atom is 0.129 e. The van der Waals surface area contributed by atoms with Gasteiger partial charge >= 0.3 is 0 Å². The fourth-order valence-electron chi connectivity index (χ4n) is 3.07. The Kier molecular flexibility index (Phi) is 2.74. The van der Waals surface area contributed by atoms with Gasteiger partial charge < -0.3 is 14.6 Å². The molecule has 2 aliphatic rings. The molecule has 3 heteroatoms. The predicted octanol–water partition coefficient (Wildman–Crippen LogP) is 3.07. The second kappa shape index (κ2) is 4.16. The van der Waals surface area contributed by atoms with Gasteiger partial charge in [0.25, 0.3) is 0 Å². The van der Waals surface area contributed by atoms with Crippen molar-refractivity contribution >= 4 is 0 Å². The van der Waals surface area contributed by atoms with Gasteiger partial charge in [-0.2, -0.15) is 0 Å². The first-order valence-electron chi connectivity index (χ1n) is 6.73. The molecule has 0 spiro atoms. The van der Waals surface area contributed by atoms with Gasteiger partial charge in [-0.15, -0.1) is 0 Å². The summed E-state index contributed by atoms with van der Waals surface area (Å²) < 4.78 is 11.5. The summed E-state index contributed by atoms with van der Waals surface area (Å²) in [5.41, 5.74) is 0.721. The van der Waals surface area contributed by atoms with Gasteiger partial charge in [-0.1, -0.05) is 6.92 Å². The van der Waals surface area contributed by atoms with Crippen molar-refractivity contribution < 1.29 is 14.6 Å². The van der Waals surface area contributed by atoms with Gasteiger partial charge in [-0.3, -0.25) is 0 Å². The zero-order chi connectivity index (χ0) is 12.8. The molecule has 1 aromatic carbocycles. The first-order valence-corrected chi connectivity index (χ1v) is 6.73. The highest BCUT2D eigenvalue weighted by atomic mass is 16.5. The molecule has 1 N–H and O–H groups in total. The van der Waals surface area contributed by atoms with Crippen molar-refractivity contribution in [1.29, 1.82) is 0 Å². The van der Waals surface area contributed by atoms with Crippen molar-refractivity contribution in [3.05, 3.63) is 23.8 Å². The summed E-state index contributed by atoms with van der Waals surface area (Å²) in [6, 6.07) is 5.68. The van der Waals surface area contributed by atoms with E-state index in [0.29, 0.717) is 12.3 Å². The topological polar surface area (TPSA) is 38.7 Å². The van der Waals surface area contributed by atoms with Crippen LogP contribution < -0.4 is 9.47 Å². The third-order valence-electron chi connectivity index (χ3n) is 4.35. The summed E-state index contributed by atoms with van der Waals surface area (Å²) >= 11 is 0. The Bertz CT molecular complexity index is 453. The average Bonchev–Trinajstić information content (AvgIpc) is 3.22. The minimum atomic E-state index is -0.416. The molecule has 0 radical (unpaired) electrons. The maximum absolute atomic E-state index is 10.3. The highest BCUT2D eigenvalue weighted by Gasteiger charge is 2.50. The van der Waals surface area contributed by atoms with E-state index >= 15 is 0 Å². The van der Waals surface area contributed by atoms with Crippen LogP contribution in [0.15, 0.2) is 18.2 Å². The molecule has 3 nitrogen and oxygen atoms in total. The van der Waals surface area contributed by atoms with Crippen LogP contribution in [0, 0.1) is 5.92 Å². The SMILES string of the molecule is CCC1(C2CC2)C[C@@H](O)c2ccc(OC)cc2O1. The molecule has 1 fully saturated rings. The number of aliphatic hydroxyl groups is 1. The number of rotatable bonds is 3. The summed E-state index contributed by atoms with van der Waals surface area (Å²) in [4.78, 5) is 0. The van der Waals surface area contributed by atoms with Crippen molar-refractivity contribution in [2.45, 2.75) is 44.3 Å². The van der Waals surface area contributed by atoms with Gasteiger partial charge in [0.15, 0.2) is 0 Å². The van der Waals surface area contributed by atoms with Gasteiger partial charge in [0, 0.05) is 18.1 Å². The van der Waals surface area contributed by atoms with Crippen molar-refractivity contribution in [1.82, 2.24) is 0 Å². The van der Waals surface area contributed by atoms with E-state index in [1.165, 1.54) is 12.8 Å².